The van der Waals surface area contributed by atoms with Crippen molar-refractivity contribution in [3.8, 4) is 5.75 Å². The smallest absolute Gasteiger partial charge is 0.239 e. The molecule has 0 unspecified atom stereocenters. The average Bonchev–Trinajstić information content (AvgIpc) is 2.49. The van der Waals surface area contributed by atoms with Gasteiger partial charge in [-0.2, -0.15) is 0 Å². The molecule has 0 atom stereocenters. The number of benzene rings is 1. The number of aromatic nitrogens is 1. The zero-order valence-electron chi connectivity index (χ0n) is 13.3. The molecule has 23 heavy (non-hydrogen) atoms. The minimum atomic E-state index is -0.0887. The number of carbonyl (C=O) groups excluding carboxylic acids is 1. The minimum Gasteiger partial charge on any atom is -0.492 e. The predicted octanol–water partition coefficient (Wildman–Crippen LogP) is 3.10. The first-order chi connectivity index (χ1) is 11.0. The Bertz CT molecular complexity index is 647. The molecule has 0 radical (unpaired) electrons. The van der Waals surface area contributed by atoms with Crippen LogP contribution in [0.25, 0.3) is 0 Å². The number of pyridine rings is 1. The molecule has 0 aliphatic heterocycles. The van der Waals surface area contributed by atoms with Gasteiger partial charge in [-0.05, 0) is 50.4 Å². The summed E-state index contributed by atoms with van der Waals surface area (Å²) in [5.41, 5.74) is 0.874. The van der Waals surface area contributed by atoms with E-state index in [1.165, 1.54) is 0 Å². The lowest BCUT2D eigenvalue weighted by atomic mass is 10.3. The van der Waals surface area contributed by atoms with Crippen molar-refractivity contribution < 1.29 is 9.53 Å². The number of rotatable bonds is 7. The van der Waals surface area contributed by atoms with E-state index in [1.54, 1.807) is 6.07 Å². The summed E-state index contributed by atoms with van der Waals surface area (Å²) in [6.45, 7) is 3.36. The summed E-state index contributed by atoms with van der Waals surface area (Å²) in [5.74, 6) is 1.30. The summed E-state index contributed by atoms with van der Waals surface area (Å²) in [4.78, 5) is 18.1. The lowest BCUT2D eigenvalue weighted by Gasteiger charge is -2.16. The lowest BCUT2D eigenvalue weighted by molar-refractivity contribution is -0.117. The first-order valence-electron chi connectivity index (χ1n) is 7.33. The Morgan fingerprint density at radius 2 is 2.00 bits per heavy atom. The maximum atomic E-state index is 12.0. The summed E-state index contributed by atoms with van der Waals surface area (Å²) < 4.78 is 6.66. The van der Waals surface area contributed by atoms with Crippen LogP contribution in [0.2, 0.25) is 0 Å². The molecule has 1 heterocycles. The molecule has 1 aromatic carbocycles. The van der Waals surface area contributed by atoms with E-state index in [4.69, 9.17) is 4.74 Å². The molecule has 0 spiro atoms. The summed E-state index contributed by atoms with van der Waals surface area (Å²) in [6.07, 6.45) is 0. The molecule has 0 aliphatic carbocycles. The normalized spacial score (nSPS) is 10.6. The molecule has 5 nitrogen and oxygen atoms in total. The number of hydrogen-bond donors (Lipinski definition) is 1. The van der Waals surface area contributed by atoms with Gasteiger partial charge < -0.3 is 10.1 Å². The van der Waals surface area contributed by atoms with Crippen LogP contribution in [0, 0.1) is 6.92 Å². The van der Waals surface area contributed by atoms with Crippen molar-refractivity contribution in [1.82, 2.24) is 9.88 Å². The number of anilines is 1. The van der Waals surface area contributed by atoms with Crippen molar-refractivity contribution in [2.75, 3.05) is 32.1 Å². The zero-order chi connectivity index (χ0) is 16.7. The van der Waals surface area contributed by atoms with Crippen LogP contribution in [0.3, 0.4) is 0 Å². The molecule has 0 aliphatic rings. The summed E-state index contributed by atoms with van der Waals surface area (Å²) in [5, 5.41) is 2.79. The van der Waals surface area contributed by atoms with Crippen LogP contribution in [-0.4, -0.2) is 42.5 Å². The second-order valence-corrected chi connectivity index (χ2v) is 6.17. The van der Waals surface area contributed by atoms with E-state index in [1.807, 2.05) is 55.3 Å². The highest BCUT2D eigenvalue weighted by Gasteiger charge is 2.08. The molecular weight excluding hydrogens is 358 g/mol. The van der Waals surface area contributed by atoms with E-state index in [-0.39, 0.29) is 5.91 Å². The minimum absolute atomic E-state index is 0.0887. The third-order valence-electron chi connectivity index (χ3n) is 3.12. The highest BCUT2D eigenvalue weighted by molar-refractivity contribution is 9.10. The van der Waals surface area contributed by atoms with Crippen LogP contribution in [0.15, 0.2) is 46.9 Å². The molecule has 6 heteroatoms. The van der Waals surface area contributed by atoms with Crippen molar-refractivity contribution >= 4 is 27.7 Å². The van der Waals surface area contributed by atoms with Crippen molar-refractivity contribution in [3.63, 3.8) is 0 Å². The van der Waals surface area contributed by atoms with E-state index in [0.29, 0.717) is 25.5 Å². The maximum Gasteiger partial charge on any atom is 0.239 e. The Kier molecular flexibility index (Phi) is 6.55. The standard InChI is InChI=1S/C17H20BrN3O2/c1-13-4-3-5-16(19-13)20-17(22)12-21(2)10-11-23-15-8-6-14(18)7-9-15/h3-9H,10-12H2,1-2H3,(H,19,20,22). The SMILES string of the molecule is Cc1cccc(NC(=O)CN(C)CCOc2ccc(Br)cc2)n1. The number of halogens is 1. The number of amides is 1. The van der Waals surface area contributed by atoms with Crippen molar-refractivity contribution in [2.24, 2.45) is 0 Å². The van der Waals surface area contributed by atoms with E-state index >= 15 is 0 Å². The van der Waals surface area contributed by atoms with Crippen LogP contribution in [0.1, 0.15) is 5.69 Å². The monoisotopic (exact) mass is 377 g/mol. The van der Waals surface area contributed by atoms with Gasteiger partial charge in [0.2, 0.25) is 5.91 Å². The Hall–Kier alpha value is -1.92. The van der Waals surface area contributed by atoms with Gasteiger partial charge in [0.1, 0.15) is 18.2 Å². The summed E-state index contributed by atoms with van der Waals surface area (Å²) >= 11 is 3.38. The van der Waals surface area contributed by atoms with Gasteiger partial charge in [0.25, 0.3) is 0 Å². The molecule has 1 amide bonds. The van der Waals surface area contributed by atoms with Crippen LogP contribution in [0.5, 0.6) is 5.75 Å². The summed E-state index contributed by atoms with van der Waals surface area (Å²) in [6, 6.07) is 13.2. The molecule has 2 rings (SSSR count). The fourth-order valence-corrected chi connectivity index (χ4v) is 2.23. The molecule has 2 aromatic rings. The fourth-order valence-electron chi connectivity index (χ4n) is 1.97. The van der Waals surface area contributed by atoms with Crippen molar-refractivity contribution in [3.05, 3.63) is 52.6 Å². The van der Waals surface area contributed by atoms with Crippen molar-refractivity contribution in [1.29, 1.82) is 0 Å². The third-order valence-corrected chi connectivity index (χ3v) is 3.65. The van der Waals surface area contributed by atoms with Gasteiger partial charge in [-0.1, -0.05) is 22.0 Å². The highest BCUT2D eigenvalue weighted by atomic mass is 79.9. The average molecular weight is 378 g/mol. The van der Waals surface area contributed by atoms with E-state index in [2.05, 4.69) is 26.2 Å². The molecule has 1 aromatic heterocycles. The van der Waals surface area contributed by atoms with Crippen LogP contribution in [-0.2, 0) is 4.79 Å². The third kappa shape index (κ3) is 6.38. The Balaban J connectivity index is 1.70. The number of nitrogens with zero attached hydrogens (tertiary/aromatic N) is 2. The van der Waals surface area contributed by atoms with Gasteiger partial charge in [-0.3, -0.25) is 9.69 Å². The van der Waals surface area contributed by atoms with Gasteiger partial charge in [0, 0.05) is 16.7 Å². The van der Waals surface area contributed by atoms with Gasteiger partial charge in [0.05, 0.1) is 6.54 Å². The molecule has 0 saturated carbocycles. The maximum absolute atomic E-state index is 12.0. The Morgan fingerprint density at radius 3 is 2.70 bits per heavy atom. The molecule has 122 valence electrons. The van der Waals surface area contributed by atoms with Gasteiger partial charge in [0.15, 0.2) is 0 Å². The van der Waals surface area contributed by atoms with E-state index in [0.717, 1.165) is 15.9 Å². The molecular formula is C17H20BrN3O2. The zero-order valence-corrected chi connectivity index (χ0v) is 14.8. The second-order valence-electron chi connectivity index (χ2n) is 5.25. The topological polar surface area (TPSA) is 54.5 Å². The van der Waals surface area contributed by atoms with E-state index in [9.17, 15) is 4.79 Å². The highest BCUT2D eigenvalue weighted by Crippen LogP contribution is 2.15. The second kappa shape index (κ2) is 8.64. The number of nitrogens with one attached hydrogen (secondary N) is 1. The van der Waals surface area contributed by atoms with Crippen molar-refractivity contribution in [2.45, 2.75) is 6.92 Å². The number of ether oxygens (including phenoxy) is 1. The number of carbonyl (C=O) groups is 1. The summed E-state index contributed by atoms with van der Waals surface area (Å²) in [7, 11) is 1.88. The Labute approximate surface area is 144 Å². The largest absolute Gasteiger partial charge is 0.492 e. The number of hydrogen-bond acceptors (Lipinski definition) is 4. The van der Waals surface area contributed by atoms with Gasteiger partial charge >= 0.3 is 0 Å². The first-order valence-corrected chi connectivity index (χ1v) is 8.12. The van der Waals surface area contributed by atoms with Gasteiger partial charge in [-0.15, -0.1) is 0 Å². The number of aryl methyl sites for hydroxylation is 1. The van der Waals surface area contributed by atoms with Crippen LogP contribution < -0.4 is 10.1 Å². The fraction of sp³-hybridized carbons (Fsp3) is 0.294. The van der Waals surface area contributed by atoms with Crippen LogP contribution in [0.4, 0.5) is 5.82 Å². The van der Waals surface area contributed by atoms with E-state index < -0.39 is 0 Å². The quantitative estimate of drug-likeness (QED) is 0.805. The Morgan fingerprint density at radius 1 is 1.26 bits per heavy atom. The number of likely N-dealkylation sites (N-methyl/N-ethyl adjacent to an activating group) is 1. The van der Waals surface area contributed by atoms with Crippen LogP contribution >= 0.6 is 15.9 Å². The molecule has 1 N–H and O–H groups in total. The predicted molar refractivity (Wildman–Crippen MR) is 94.7 cm³/mol. The van der Waals surface area contributed by atoms with Gasteiger partial charge in [-0.25, -0.2) is 4.98 Å². The molecule has 0 bridgehead atoms. The first kappa shape index (κ1) is 17.4. The molecule has 0 saturated heterocycles. The lowest BCUT2D eigenvalue weighted by Crippen LogP contribution is -2.33. The molecule has 0 fully saturated rings.